The fourth-order valence-corrected chi connectivity index (χ4v) is 4.59. The lowest BCUT2D eigenvalue weighted by Gasteiger charge is -2.27. The van der Waals surface area contributed by atoms with E-state index in [9.17, 15) is 22.0 Å². The molecule has 1 atom stereocenters. The number of halogens is 2. The van der Waals surface area contributed by atoms with E-state index in [1.54, 1.807) is 19.1 Å². The van der Waals surface area contributed by atoms with Gasteiger partial charge in [-0.1, -0.05) is 6.07 Å². The molecule has 0 aromatic heterocycles. The molecule has 2 aromatic rings. The Hall–Kier alpha value is -2.56. The topological polar surface area (TPSA) is 84.9 Å². The Kier molecular flexibility index (Phi) is 6.69. The fourth-order valence-electron chi connectivity index (χ4n) is 2.93. The van der Waals surface area contributed by atoms with Crippen LogP contribution in [0.1, 0.15) is 12.5 Å². The standard InChI is InChI=1S/C20H22F2N2O5S/c1-13-3-4-15(11-19(13)30(26,27)24-7-9-28-10-8-24)23-20(25)14(2)29-16-5-6-17(21)18(22)12-16/h3-6,11-12,14H,7-10H2,1-2H3,(H,23,25). The second-order valence-corrected chi connectivity index (χ2v) is 8.73. The summed E-state index contributed by atoms with van der Waals surface area (Å²) in [4.78, 5) is 12.5. The van der Waals surface area contributed by atoms with Gasteiger partial charge in [0.1, 0.15) is 5.75 Å². The van der Waals surface area contributed by atoms with Crippen molar-refractivity contribution >= 4 is 21.6 Å². The van der Waals surface area contributed by atoms with Gasteiger partial charge in [-0.25, -0.2) is 17.2 Å². The molecule has 30 heavy (non-hydrogen) atoms. The Labute approximate surface area is 173 Å². The van der Waals surface area contributed by atoms with E-state index in [0.29, 0.717) is 18.8 Å². The van der Waals surface area contributed by atoms with Gasteiger partial charge in [-0.3, -0.25) is 4.79 Å². The number of aryl methyl sites for hydroxylation is 1. The molecule has 0 saturated carbocycles. The van der Waals surface area contributed by atoms with E-state index in [1.807, 2.05) is 0 Å². The Bertz CT molecular complexity index is 1040. The number of nitrogens with zero attached hydrogens (tertiary/aromatic N) is 1. The van der Waals surface area contributed by atoms with E-state index in [1.165, 1.54) is 23.4 Å². The van der Waals surface area contributed by atoms with Crippen molar-refractivity contribution < 1.29 is 31.5 Å². The van der Waals surface area contributed by atoms with Crippen molar-refractivity contribution in [1.82, 2.24) is 4.31 Å². The first-order chi connectivity index (χ1) is 14.2. The number of sulfonamides is 1. The number of hydrogen-bond donors (Lipinski definition) is 1. The number of carbonyl (C=O) groups excluding carboxylic acids is 1. The molecule has 1 N–H and O–H groups in total. The lowest BCUT2D eigenvalue weighted by molar-refractivity contribution is -0.122. The summed E-state index contributed by atoms with van der Waals surface area (Å²) in [7, 11) is -3.74. The number of ether oxygens (including phenoxy) is 2. The van der Waals surface area contributed by atoms with E-state index in [4.69, 9.17) is 9.47 Å². The number of amides is 1. The Balaban J connectivity index is 1.74. The highest BCUT2D eigenvalue weighted by Gasteiger charge is 2.28. The largest absolute Gasteiger partial charge is 0.481 e. The van der Waals surface area contributed by atoms with Crippen LogP contribution in [0.25, 0.3) is 0 Å². The molecule has 1 aliphatic rings. The predicted octanol–water partition coefficient (Wildman–Crippen LogP) is 2.70. The number of carbonyl (C=O) groups is 1. The van der Waals surface area contributed by atoms with E-state index < -0.39 is 33.7 Å². The average molecular weight is 440 g/mol. The first-order valence-electron chi connectivity index (χ1n) is 9.29. The number of hydrogen-bond acceptors (Lipinski definition) is 5. The molecule has 1 heterocycles. The summed E-state index contributed by atoms with van der Waals surface area (Å²) in [5.74, 6) is -2.68. The summed E-state index contributed by atoms with van der Waals surface area (Å²) in [6, 6.07) is 7.53. The summed E-state index contributed by atoms with van der Waals surface area (Å²) in [6.45, 7) is 4.29. The number of rotatable bonds is 6. The van der Waals surface area contributed by atoms with E-state index in [-0.39, 0.29) is 29.4 Å². The van der Waals surface area contributed by atoms with Crippen LogP contribution in [0, 0.1) is 18.6 Å². The van der Waals surface area contributed by atoms with Gasteiger partial charge in [0, 0.05) is 24.8 Å². The summed E-state index contributed by atoms with van der Waals surface area (Å²) < 4.78 is 64.1. The van der Waals surface area contributed by atoms with Crippen LogP contribution in [-0.4, -0.2) is 51.0 Å². The molecule has 1 aliphatic heterocycles. The summed E-state index contributed by atoms with van der Waals surface area (Å²) >= 11 is 0. The molecule has 1 amide bonds. The minimum absolute atomic E-state index is 0.00367. The summed E-state index contributed by atoms with van der Waals surface area (Å²) in [5.41, 5.74) is 0.823. The normalized spacial score (nSPS) is 16.1. The quantitative estimate of drug-likeness (QED) is 0.747. The maximum Gasteiger partial charge on any atom is 0.265 e. The van der Waals surface area contributed by atoms with Crippen LogP contribution < -0.4 is 10.1 Å². The van der Waals surface area contributed by atoms with Crippen molar-refractivity contribution in [2.75, 3.05) is 31.6 Å². The maximum absolute atomic E-state index is 13.3. The van der Waals surface area contributed by atoms with Gasteiger partial charge < -0.3 is 14.8 Å². The molecule has 2 aromatic carbocycles. The minimum Gasteiger partial charge on any atom is -0.481 e. The number of nitrogens with one attached hydrogen (secondary N) is 1. The second kappa shape index (κ2) is 9.07. The molecule has 162 valence electrons. The van der Waals surface area contributed by atoms with Gasteiger partial charge in [-0.15, -0.1) is 0 Å². The Morgan fingerprint density at radius 2 is 1.83 bits per heavy atom. The van der Waals surface area contributed by atoms with Gasteiger partial charge in [-0.2, -0.15) is 4.31 Å². The predicted molar refractivity (Wildman–Crippen MR) is 106 cm³/mol. The third-order valence-corrected chi connectivity index (χ3v) is 6.66. The third kappa shape index (κ3) is 4.94. The van der Waals surface area contributed by atoms with Crippen molar-refractivity contribution in [1.29, 1.82) is 0 Å². The second-order valence-electron chi connectivity index (χ2n) is 6.82. The van der Waals surface area contributed by atoms with Crippen molar-refractivity contribution in [3.05, 3.63) is 53.6 Å². The molecule has 0 aliphatic carbocycles. The van der Waals surface area contributed by atoms with Crippen molar-refractivity contribution in [3.8, 4) is 5.75 Å². The maximum atomic E-state index is 13.3. The van der Waals surface area contributed by atoms with Crippen LogP contribution >= 0.6 is 0 Å². The smallest absolute Gasteiger partial charge is 0.265 e. The Morgan fingerprint density at radius 3 is 2.50 bits per heavy atom. The van der Waals surface area contributed by atoms with Crippen LogP contribution in [-0.2, 0) is 19.6 Å². The van der Waals surface area contributed by atoms with Crippen molar-refractivity contribution in [2.24, 2.45) is 0 Å². The molecular weight excluding hydrogens is 418 g/mol. The SMILES string of the molecule is Cc1ccc(NC(=O)C(C)Oc2ccc(F)c(F)c2)cc1S(=O)(=O)N1CCOCC1. The van der Waals surface area contributed by atoms with Crippen molar-refractivity contribution in [2.45, 2.75) is 24.8 Å². The highest BCUT2D eigenvalue weighted by Crippen LogP contribution is 2.25. The average Bonchev–Trinajstić information content (AvgIpc) is 2.72. The molecule has 7 nitrogen and oxygen atoms in total. The van der Waals surface area contributed by atoms with Crippen LogP contribution in [0.4, 0.5) is 14.5 Å². The summed E-state index contributed by atoms with van der Waals surface area (Å²) in [5, 5.41) is 2.59. The number of morpholine rings is 1. The first-order valence-corrected chi connectivity index (χ1v) is 10.7. The zero-order valence-electron chi connectivity index (χ0n) is 16.5. The van der Waals surface area contributed by atoms with Gasteiger partial charge in [0.25, 0.3) is 5.91 Å². The fraction of sp³-hybridized carbons (Fsp3) is 0.350. The molecule has 1 saturated heterocycles. The van der Waals surface area contributed by atoms with Gasteiger partial charge in [0.15, 0.2) is 17.7 Å². The highest BCUT2D eigenvalue weighted by molar-refractivity contribution is 7.89. The molecule has 0 spiro atoms. The van der Waals surface area contributed by atoms with E-state index in [0.717, 1.165) is 12.1 Å². The molecule has 1 fully saturated rings. The lowest BCUT2D eigenvalue weighted by atomic mass is 10.2. The van der Waals surface area contributed by atoms with Gasteiger partial charge in [0.05, 0.1) is 18.1 Å². The monoisotopic (exact) mass is 440 g/mol. The molecule has 0 bridgehead atoms. The van der Waals surface area contributed by atoms with Gasteiger partial charge >= 0.3 is 0 Å². The number of anilines is 1. The molecule has 0 radical (unpaired) electrons. The Morgan fingerprint density at radius 1 is 1.13 bits per heavy atom. The minimum atomic E-state index is -3.74. The molecule has 1 unspecified atom stereocenters. The highest BCUT2D eigenvalue weighted by atomic mass is 32.2. The molecule has 3 rings (SSSR count). The van der Waals surface area contributed by atoms with Crippen LogP contribution in [0.3, 0.4) is 0 Å². The third-order valence-electron chi connectivity index (χ3n) is 4.62. The zero-order valence-corrected chi connectivity index (χ0v) is 17.3. The van der Waals surface area contributed by atoms with Crippen molar-refractivity contribution in [3.63, 3.8) is 0 Å². The van der Waals surface area contributed by atoms with E-state index in [2.05, 4.69) is 5.32 Å². The first kappa shape index (κ1) is 22.1. The lowest BCUT2D eigenvalue weighted by Crippen LogP contribution is -2.40. The van der Waals surface area contributed by atoms with Gasteiger partial charge in [-0.05, 0) is 43.7 Å². The zero-order chi connectivity index (χ0) is 21.9. The van der Waals surface area contributed by atoms with Crippen LogP contribution in [0.5, 0.6) is 5.75 Å². The van der Waals surface area contributed by atoms with E-state index >= 15 is 0 Å². The summed E-state index contributed by atoms with van der Waals surface area (Å²) in [6.07, 6.45) is -1.03. The number of benzene rings is 2. The van der Waals surface area contributed by atoms with Crippen LogP contribution in [0.2, 0.25) is 0 Å². The van der Waals surface area contributed by atoms with Crippen LogP contribution in [0.15, 0.2) is 41.3 Å². The molecule has 10 heteroatoms. The van der Waals surface area contributed by atoms with Gasteiger partial charge in [0.2, 0.25) is 10.0 Å². The molecular formula is C20H22F2N2O5S.